The van der Waals surface area contributed by atoms with Gasteiger partial charge in [0.1, 0.15) is 23.7 Å². The zero-order valence-corrected chi connectivity index (χ0v) is 28.3. The largest absolute Gasteiger partial charge is 0.508 e. The molecule has 0 bridgehead atoms. The van der Waals surface area contributed by atoms with Crippen molar-refractivity contribution in [3.63, 3.8) is 0 Å². The molecule has 2 aliphatic heterocycles. The number of rotatable bonds is 9. The fourth-order valence-electron chi connectivity index (χ4n) is 6.79. The molecule has 3 aliphatic rings. The number of methoxy groups -OCH3 is 1. The van der Waals surface area contributed by atoms with E-state index in [2.05, 4.69) is 12.1 Å². The summed E-state index contributed by atoms with van der Waals surface area (Å²) >= 11 is 0. The Balaban J connectivity index is 1.34. The van der Waals surface area contributed by atoms with Gasteiger partial charge in [0, 0.05) is 45.1 Å². The Hall–Kier alpha value is -4.28. The van der Waals surface area contributed by atoms with Crippen molar-refractivity contribution in [3.8, 4) is 22.6 Å². The van der Waals surface area contributed by atoms with Crippen molar-refractivity contribution in [1.82, 2.24) is 4.90 Å². The van der Waals surface area contributed by atoms with E-state index in [4.69, 9.17) is 14.2 Å². The first-order valence-electron chi connectivity index (χ1n) is 16.9. The molecular formula is C38H47N3O7. The second-order valence-corrected chi connectivity index (χ2v) is 14.0. The molecule has 1 unspecified atom stereocenters. The van der Waals surface area contributed by atoms with Gasteiger partial charge in [-0.3, -0.25) is 4.79 Å². The Morgan fingerprint density at radius 1 is 1.00 bits per heavy atom. The van der Waals surface area contributed by atoms with Gasteiger partial charge >= 0.3 is 6.09 Å². The molecule has 1 aliphatic carbocycles. The quantitative estimate of drug-likeness (QED) is 0.264. The van der Waals surface area contributed by atoms with E-state index in [1.54, 1.807) is 24.1 Å². The number of likely N-dealkylation sites (tertiary alicyclic amines) is 1. The SMILES string of the molecule is COCCCN1c2cc(N(C(=O)[C@H]3CN(C(=O)OC(C)(C)C)CC[C@@H]3c3cccc(-c4ccc(O)cc4)c3)C3CC3)ccc2OCC1O. The van der Waals surface area contributed by atoms with Gasteiger partial charge in [-0.25, -0.2) is 4.79 Å². The molecule has 2 heterocycles. The van der Waals surface area contributed by atoms with Crippen LogP contribution in [0.1, 0.15) is 57.9 Å². The van der Waals surface area contributed by atoms with Gasteiger partial charge in [-0.2, -0.15) is 0 Å². The standard InChI is InChI=1S/C38H47N3O7/c1-38(2,3)48-37(45)39-19-17-31(27-8-5-7-26(21-27)25-9-14-30(42)15-10-25)32(23-39)36(44)41(28-11-12-28)29-13-16-34-33(22-29)40(18-6-20-46-4)35(43)24-47-34/h5,7-10,13-16,21-22,28,31-32,35,42-43H,6,11-12,17-20,23-24H2,1-4H3/t31-,32+,35?/m1/s1. The van der Waals surface area contributed by atoms with Gasteiger partial charge < -0.3 is 39.1 Å². The van der Waals surface area contributed by atoms with Crippen LogP contribution < -0.4 is 14.5 Å². The molecule has 6 rings (SSSR count). The average Bonchev–Trinajstić information content (AvgIpc) is 3.90. The van der Waals surface area contributed by atoms with Crippen LogP contribution in [0.25, 0.3) is 11.1 Å². The molecule has 2 fully saturated rings. The molecule has 0 spiro atoms. The monoisotopic (exact) mass is 657 g/mol. The Morgan fingerprint density at radius 2 is 1.77 bits per heavy atom. The van der Waals surface area contributed by atoms with Gasteiger partial charge in [-0.05, 0) is 99.4 Å². The number of anilines is 2. The zero-order chi connectivity index (χ0) is 34.0. The summed E-state index contributed by atoms with van der Waals surface area (Å²) in [5, 5.41) is 20.7. The maximum Gasteiger partial charge on any atom is 0.410 e. The maximum absolute atomic E-state index is 14.9. The summed E-state index contributed by atoms with van der Waals surface area (Å²) in [7, 11) is 1.66. The molecule has 3 aromatic rings. The number of aromatic hydroxyl groups is 1. The van der Waals surface area contributed by atoms with Crippen LogP contribution in [0.15, 0.2) is 66.7 Å². The molecular weight excluding hydrogens is 610 g/mol. The third-order valence-electron chi connectivity index (χ3n) is 9.27. The van der Waals surface area contributed by atoms with Crippen molar-refractivity contribution in [2.24, 2.45) is 5.92 Å². The van der Waals surface area contributed by atoms with Gasteiger partial charge in [-0.15, -0.1) is 0 Å². The van der Waals surface area contributed by atoms with E-state index in [0.29, 0.717) is 31.9 Å². The first kappa shape index (κ1) is 33.6. The topological polar surface area (TPSA) is 112 Å². The van der Waals surface area contributed by atoms with Crippen molar-refractivity contribution < 1.29 is 34.0 Å². The highest BCUT2D eigenvalue weighted by atomic mass is 16.6. The fraction of sp³-hybridized carbons (Fsp3) is 0.474. The summed E-state index contributed by atoms with van der Waals surface area (Å²) < 4.78 is 16.9. The summed E-state index contributed by atoms with van der Waals surface area (Å²) in [5.74, 6) is 0.188. The molecule has 48 heavy (non-hydrogen) atoms. The molecule has 2 N–H and O–H groups in total. The number of carbonyl (C=O) groups excluding carboxylic acids is 2. The van der Waals surface area contributed by atoms with Crippen LogP contribution >= 0.6 is 0 Å². The molecule has 3 atom stereocenters. The summed E-state index contributed by atoms with van der Waals surface area (Å²) in [6.07, 6.45) is 1.90. The van der Waals surface area contributed by atoms with Crippen molar-refractivity contribution in [2.75, 3.05) is 49.8 Å². The van der Waals surface area contributed by atoms with Crippen molar-refractivity contribution >= 4 is 23.4 Å². The molecule has 0 radical (unpaired) electrons. The molecule has 256 valence electrons. The van der Waals surface area contributed by atoms with E-state index in [1.807, 2.05) is 73.0 Å². The van der Waals surface area contributed by atoms with E-state index in [0.717, 1.165) is 47.3 Å². The maximum atomic E-state index is 14.9. The number of hydrogen-bond acceptors (Lipinski definition) is 8. The molecule has 10 heteroatoms. The van der Waals surface area contributed by atoms with Gasteiger partial charge in [-0.1, -0.05) is 36.4 Å². The van der Waals surface area contributed by atoms with Crippen LogP contribution in [0.5, 0.6) is 11.5 Å². The van der Waals surface area contributed by atoms with Gasteiger partial charge in [0.25, 0.3) is 0 Å². The number of benzene rings is 3. The molecule has 10 nitrogen and oxygen atoms in total. The number of amides is 2. The number of nitrogens with zero attached hydrogens (tertiary/aromatic N) is 3. The fourth-order valence-corrected chi connectivity index (χ4v) is 6.79. The highest BCUT2D eigenvalue weighted by molar-refractivity contribution is 5.98. The minimum Gasteiger partial charge on any atom is -0.508 e. The number of phenols is 1. The third kappa shape index (κ3) is 7.55. The van der Waals surface area contributed by atoms with Crippen LogP contribution in [-0.2, 0) is 14.3 Å². The van der Waals surface area contributed by atoms with Crippen LogP contribution in [0.3, 0.4) is 0 Å². The Labute approximate surface area is 282 Å². The van der Waals surface area contributed by atoms with E-state index >= 15 is 0 Å². The highest BCUT2D eigenvalue weighted by Gasteiger charge is 2.44. The Morgan fingerprint density at radius 3 is 2.48 bits per heavy atom. The van der Waals surface area contributed by atoms with E-state index < -0.39 is 23.8 Å². The minimum atomic E-state index is -0.805. The Bertz CT molecular complexity index is 1600. The number of aliphatic hydroxyl groups excluding tert-OH is 1. The van der Waals surface area contributed by atoms with Crippen molar-refractivity contribution in [3.05, 3.63) is 72.3 Å². The van der Waals surface area contributed by atoms with E-state index in [9.17, 15) is 19.8 Å². The van der Waals surface area contributed by atoms with Gasteiger partial charge in [0.15, 0.2) is 6.23 Å². The summed E-state index contributed by atoms with van der Waals surface area (Å²) in [6.45, 7) is 7.56. The van der Waals surface area contributed by atoms with Crippen molar-refractivity contribution in [1.29, 1.82) is 0 Å². The summed E-state index contributed by atoms with van der Waals surface area (Å²) in [6, 6.07) is 21.1. The number of ether oxygens (including phenoxy) is 3. The van der Waals surface area contributed by atoms with Crippen molar-refractivity contribution in [2.45, 2.75) is 70.2 Å². The van der Waals surface area contributed by atoms with Crippen LogP contribution in [-0.4, -0.2) is 84.9 Å². The molecule has 3 aromatic carbocycles. The van der Waals surface area contributed by atoms with Gasteiger partial charge in [0.05, 0.1) is 11.6 Å². The lowest BCUT2D eigenvalue weighted by Gasteiger charge is -2.41. The Kier molecular flexibility index (Phi) is 9.85. The third-order valence-corrected chi connectivity index (χ3v) is 9.27. The van der Waals surface area contributed by atoms with E-state index in [-0.39, 0.29) is 36.8 Å². The predicted molar refractivity (Wildman–Crippen MR) is 184 cm³/mol. The smallest absolute Gasteiger partial charge is 0.410 e. The second kappa shape index (κ2) is 14.1. The number of aliphatic hydroxyl groups is 1. The number of piperidine rings is 1. The average molecular weight is 658 g/mol. The normalized spacial score (nSPS) is 20.9. The zero-order valence-electron chi connectivity index (χ0n) is 28.3. The first-order chi connectivity index (χ1) is 23.0. The van der Waals surface area contributed by atoms with Gasteiger partial charge in [0.2, 0.25) is 5.91 Å². The number of carbonyl (C=O) groups is 2. The molecule has 1 saturated carbocycles. The summed E-state index contributed by atoms with van der Waals surface area (Å²) in [5.41, 5.74) is 3.84. The minimum absolute atomic E-state index is 0.0334. The lowest BCUT2D eigenvalue weighted by atomic mass is 9.78. The number of fused-ring (bicyclic) bond motifs is 1. The highest BCUT2D eigenvalue weighted by Crippen LogP contribution is 2.43. The molecule has 2 amide bonds. The number of phenolic OH excluding ortho intramolecular Hbond substituents is 1. The van der Waals surface area contributed by atoms with Crippen LogP contribution in [0.4, 0.5) is 16.2 Å². The molecule has 0 aromatic heterocycles. The number of hydrogen-bond donors (Lipinski definition) is 2. The predicted octanol–water partition coefficient (Wildman–Crippen LogP) is 6.15. The lowest BCUT2D eigenvalue weighted by Crippen LogP contribution is -2.51. The second-order valence-electron chi connectivity index (χ2n) is 14.0. The summed E-state index contributed by atoms with van der Waals surface area (Å²) in [4.78, 5) is 33.8. The van der Waals surface area contributed by atoms with E-state index in [1.165, 1.54) is 0 Å². The van der Waals surface area contributed by atoms with Crippen LogP contribution in [0, 0.1) is 5.92 Å². The molecule has 1 saturated heterocycles. The first-order valence-corrected chi connectivity index (χ1v) is 16.9. The van der Waals surface area contributed by atoms with Crippen LogP contribution in [0.2, 0.25) is 0 Å². The lowest BCUT2D eigenvalue weighted by molar-refractivity contribution is -0.124.